The molecule has 64 valence electrons. The molecule has 0 aromatic carbocycles. The summed E-state index contributed by atoms with van der Waals surface area (Å²) >= 11 is 2.83. The van der Waals surface area contributed by atoms with E-state index in [1.165, 1.54) is 0 Å². The Labute approximate surface area is 75.7 Å². The van der Waals surface area contributed by atoms with Gasteiger partial charge in [-0.15, -0.1) is 6.42 Å². The molecule has 0 saturated heterocycles. The van der Waals surface area contributed by atoms with Crippen LogP contribution in [-0.2, 0) is 10.0 Å². The van der Waals surface area contributed by atoms with Gasteiger partial charge in [0, 0.05) is 0 Å². The maximum Gasteiger partial charge on any atom is 0.222 e. The average molecular weight is 240 g/mol. The molecule has 0 heterocycles. The SMILES string of the molecule is C#CC(C)(C)NS(=O)(=O)CBr. The van der Waals surface area contributed by atoms with Crippen molar-refractivity contribution in [3.8, 4) is 12.3 Å². The lowest BCUT2D eigenvalue weighted by atomic mass is 10.1. The third-order valence-corrected chi connectivity index (χ3v) is 3.83. The molecule has 0 aliphatic carbocycles. The number of halogens is 1. The summed E-state index contributed by atoms with van der Waals surface area (Å²) in [6.07, 6.45) is 5.08. The Morgan fingerprint density at radius 3 is 2.36 bits per heavy atom. The van der Waals surface area contributed by atoms with Gasteiger partial charge in [-0.1, -0.05) is 21.9 Å². The zero-order valence-corrected chi connectivity index (χ0v) is 8.79. The lowest BCUT2D eigenvalue weighted by Crippen LogP contribution is -2.42. The highest BCUT2D eigenvalue weighted by Gasteiger charge is 2.20. The maximum absolute atomic E-state index is 10.9. The van der Waals surface area contributed by atoms with Crippen LogP contribution in [0.2, 0.25) is 0 Å². The van der Waals surface area contributed by atoms with Crippen molar-refractivity contribution < 1.29 is 8.42 Å². The molecule has 0 fully saturated rings. The minimum Gasteiger partial charge on any atom is -0.211 e. The molecule has 1 N–H and O–H groups in total. The first-order valence-corrected chi connectivity index (χ1v) is 5.66. The Bertz CT molecular complexity index is 263. The molecule has 0 saturated carbocycles. The molecule has 0 aromatic rings. The quantitative estimate of drug-likeness (QED) is 0.582. The minimum absolute atomic E-state index is 0.134. The van der Waals surface area contributed by atoms with Gasteiger partial charge in [0.25, 0.3) is 0 Å². The molecule has 0 amide bonds. The summed E-state index contributed by atoms with van der Waals surface area (Å²) in [5, 5.41) is 0. The number of terminal acetylenes is 1. The summed E-state index contributed by atoms with van der Waals surface area (Å²) in [5.74, 6) is 2.32. The standard InChI is InChI=1S/C6H10BrNO2S/c1-4-6(2,3)8-11(9,10)5-7/h1,8H,5H2,2-3H3. The van der Waals surface area contributed by atoms with E-state index in [1.807, 2.05) is 0 Å². The Kier molecular flexibility index (Phi) is 3.55. The van der Waals surface area contributed by atoms with Crippen molar-refractivity contribution in [1.29, 1.82) is 0 Å². The van der Waals surface area contributed by atoms with Crippen LogP contribution in [0.1, 0.15) is 13.8 Å². The normalized spacial score (nSPS) is 12.5. The van der Waals surface area contributed by atoms with Crippen molar-refractivity contribution in [2.45, 2.75) is 19.4 Å². The van der Waals surface area contributed by atoms with Crippen LogP contribution in [0.15, 0.2) is 0 Å². The molecular formula is C6H10BrNO2S. The van der Waals surface area contributed by atoms with E-state index in [1.54, 1.807) is 13.8 Å². The largest absolute Gasteiger partial charge is 0.222 e. The van der Waals surface area contributed by atoms with Gasteiger partial charge in [0.2, 0.25) is 10.0 Å². The maximum atomic E-state index is 10.9. The van der Waals surface area contributed by atoms with Crippen LogP contribution >= 0.6 is 15.9 Å². The summed E-state index contributed by atoms with van der Waals surface area (Å²) in [4.78, 5) is 0. The van der Waals surface area contributed by atoms with E-state index < -0.39 is 15.6 Å². The zero-order chi connectivity index (χ0) is 9.12. The first-order chi connectivity index (χ1) is 4.83. The van der Waals surface area contributed by atoms with Gasteiger partial charge in [0.05, 0.1) is 5.54 Å². The van der Waals surface area contributed by atoms with Crippen LogP contribution in [0.4, 0.5) is 0 Å². The molecule has 0 spiro atoms. The smallest absolute Gasteiger partial charge is 0.211 e. The number of nitrogens with one attached hydrogen (secondary N) is 1. The molecule has 0 radical (unpaired) electrons. The summed E-state index contributed by atoms with van der Waals surface area (Å²) in [7, 11) is -3.27. The minimum atomic E-state index is -3.27. The Morgan fingerprint density at radius 1 is 1.64 bits per heavy atom. The Hall–Kier alpha value is -0.0500. The van der Waals surface area contributed by atoms with Gasteiger partial charge in [-0.3, -0.25) is 0 Å². The first-order valence-electron chi connectivity index (χ1n) is 2.88. The average Bonchev–Trinajstić information content (AvgIpc) is 1.86. The molecule has 0 unspecified atom stereocenters. The van der Waals surface area contributed by atoms with Gasteiger partial charge in [0.15, 0.2) is 0 Å². The number of hydrogen-bond donors (Lipinski definition) is 1. The predicted molar refractivity (Wildman–Crippen MR) is 48.8 cm³/mol. The van der Waals surface area contributed by atoms with Crippen molar-refractivity contribution in [2.24, 2.45) is 0 Å². The van der Waals surface area contributed by atoms with E-state index in [4.69, 9.17) is 6.42 Å². The first kappa shape index (κ1) is 11.0. The monoisotopic (exact) mass is 239 g/mol. The number of alkyl halides is 1. The summed E-state index contributed by atoms with van der Waals surface area (Å²) in [6.45, 7) is 3.24. The zero-order valence-electron chi connectivity index (χ0n) is 6.39. The van der Waals surface area contributed by atoms with E-state index in [2.05, 4.69) is 26.6 Å². The third kappa shape index (κ3) is 4.40. The second-order valence-electron chi connectivity index (χ2n) is 2.60. The van der Waals surface area contributed by atoms with Crippen LogP contribution in [0.25, 0.3) is 0 Å². The second-order valence-corrected chi connectivity index (χ2v) is 5.62. The van der Waals surface area contributed by atoms with Gasteiger partial charge < -0.3 is 0 Å². The van der Waals surface area contributed by atoms with E-state index in [0.717, 1.165) is 0 Å². The van der Waals surface area contributed by atoms with Crippen LogP contribution in [0, 0.1) is 12.3 Å². The molecule has 3 nitrogen and oxygen atoms in total. The van der Waals surface area contributed by atoms with Crippen LogP contribution in [0.5, 0.6) is 0 Å². The molecule has 0 rings (SSSR count). The van der Waals surface area contributed by atoms with Gasteiger partial charge in [-0.25, -0.2) is 8.42 Å². The van der Waals surface area contributed by atoms with E-state index in [9.17, 15) is 8.42 Å². The van der Waals surface area contributed by atoms with Crippen LogP contribution in [0.3, 0.4) is 0 Å². The molecule has 0 atom stereocenters. The van der Waals surface area contributed by atoms with E-state index >= 15 is 0 Å². The van der Waals surface area contributed by atoms with E-state index in [0.29, 0.717) is 0 Å². The number of rotatable bonds is 3. The molecule has 0 aliphatic rings. The van der Waals surface area contributed by atoms with Gasteiger partial charge in [-0.05, 0) is 13.8 Å². The fraction of sp³-hybridized carbons (Fsp3) is 0.667. The van der Waals surface area contributed by atoms with Crippen LogP contribution < -0.4 is 4.72 Å². The van der Waals surface area contributed by atoms with Crippen LogP contribution in [-0.4, -0.2) is 18.6 Å². The lowest BCUT2D eigenvalue weighted by Gasteiger charge is -2.17. The Balaban J connectivity index is 4.42. The van der Waals surface area contributed by atoms with Gasteiger partial charge >= 0.3 is 0 Å². The highest BCUT2D eigenvalue weighted by molar-refractivity contribution is 9.10. The highest BCUT2D eigenvalue weighted by Crippen LogP contribution is 2.03. The topological polar surface area (TPSA) is 46.2 Å². The van der Waals surface area contributed by atoms with Crippen molar-refractivity contribution in [3.05, 3.63) is 0 Å². The fourth-order valence-electron chi connectivity index (χ4n) is 0.445. The van der Waals surface area contributed by atoms with Crippen molar-refractivity contribution >= 4 is 26.0 Å². The van der Waals surface area contributed by atoms with Crippen molar-refractivity contribution in [2.75, 3.05) is 4.66 Å². The third-order valence-electron chi connectivity index (χ3n) is 0.915. The molecule has 0 aromatic heterocycles. The van der Waals surface area contributed by atoms with Crippen molar-refractivity contribution in [1.82, 2.24) is 4.72 Å². The van der Waals surface area contributed by atoms with Gasteiger partial charge in [-0.2, -0.15) is 4.72 Å². The predicted octanol–water partition coefficient (Wildman–Crippen LogP) is 0.670. The second kappa shape index (κ2) is 3.57. The van der Waals surface area contributed by atoms with E-state index in [-0.39, 0.29) is 4.66 Å². The summed E-state index contributed by atoms with van der Waals surface area (Å²) < 4.78 is 24.0. The number of hydrogen-bond acceptors (Lipinski definition) is 2. The summed E-state index contributed by atoms with van der Waals surface area (Å²) in [5.41, 5.74) is -0.813. The fourth-order valence-corrected chi connectivity index (χ4v) is 1.68. The molecule has 5 heteroatoms. The molecule has 11 heavy (non-hydrogen) atoms. The molecular weight excluding hydrogens is 230 g/mol. The Morgan fingerprint density at radius 2 is 2.09 bits per heavy atom. The lowest BCUT2D eigenvalue weighted by molar-refractivity contribution is 0.543. The van der Waals surface area contributed by atoms with Gasteiger partial charge in [0.1, 0.15) is 4.66 Å². The summed E-state index contributed by atoms with van der Waals surface area (Å²) in [6, 6.07) is 0. The van der Waals surface area contributed by atoms with Crippen molar-refractivity contribution in [3.63, 3.8) is 0 Å². The molecule has 0 aliphatic heterocycles. The number of sulfonamides is 1. The highest BCUT2D eigenvalue weighted by atomic mass is 79.9. The molecule has 0 bridgehead atoms.